The Bertz CT molecular complexity index is 1370. The summed E-state index contributed by atoms with van der Waals surface area (Å²) in [5.41, 5.74) is 2.97. The molecule has 1 saturated heterocycles. The van der Waals surface area contributed by atoms with Crippen LogP contribution < -0.4 is 5.32 Å². The van der Waals surface area contributed by atoms with Gasteiger partial charge >= 0.3 is 0 Å². The first-order chi connectivity index (χ1) is 18.6. The summed E-state index contributed by atoms with van der Waals surface area (Å²) in [6, 6.07) is 21.9. The highest BCUT2D eigenvalue weighted by atomic mass is 19.1. The Kier molecular flexibility index (Phi) is 8.04. The molecule has 1 N–H and O–H groups in total. The normalized spacial score (nSPS) is 15.9. The summed E-state index contributed by atoms with van der Waals surface area (Å²) in [4.78, 5) is 29.1. The molecule has 0 radical (unpaired) electrons. The van der Waals surface area contributed by atoms with E-state index in [9.17, 15) is 14.0 Å². The second-order valence-electron chi connectivity index (χ2n) is 9.39. The summed E-state index contributed by atoms with van der Waals surface area (Å²) in [6.45, 7) is 1.22. The predicted octanol–water partition coefficient (Wildman–Crippen LogP) is 3.68. The number of nitrogens with one attached hydrogen (secondary N) is 1. The lowest BCUT2D eigenvalue weighted by Crippen LogP contribution is -2.47. The van der Waals surface area contributed by atoms with Crippen LogP contribution in [0.1, 0.15) is 30.0 Å². The van der Waals surface area contributed by atoms with Gasteiger partial charge in [0.25, 0.3) is 0 Å². The first-order valence-corrected chi connectivity index (χ1v) is 12.8. The summed E-state index contributed by atoms with van der Waals surface area (Å²) >= 11 is 0. The van der Waals surface area contributed by atoms with Gasteiger partial charge in [0.1, 0.15) is 23.9 Å². The van der Waals surface area contributed by atoms with Gasteiger partial charge in [-0.2, -0.15) is 0 Å². The first-order valence-electron chi connectivity index (χ1n) is 12.8. The fraction of sp³-hybridized carbons (Fsp3) is 0.310. The zero-order chi connectivity index (χ0) is 26.3. The summed E-state index contributed by atoms with van der Waals surface area (Å²) in [7, 11) is 0. The number of hydrogen-bond acceptors (Lipinski definition) is 5. The highest BCUT2D eigenvalue weighted by Crippen LogP contribution is 2.24. The standard InChI is InChI=1S/C29H30FN5O3/c30-23-14-12-22(13-15-23)28(29(37)31-19-24-9-6-18-38-24)34(17-16-21-7-2-1-3-8-21)27(36)20-35-26-11-5-4-10-25(26)32-33-35/h1-5,7-8,10-15,24,28H,6,9,16-20H2,(H,31,37)/t24-,28-/m0/s1. The highest BCUT2D eigenvalue weighted by Gasteiger charge is 2.32. The Morgan fingerprint density at radius 1 is 1.05 bits per heavy atom. The third-order valence-electron chi connectivity index (χ3n) is 6.78. The number of carbonyl (C=O) groups excluding carboxylic acids is 2. The van der Waals surface area contributed by atoms with Gasteiger partial charge in [0.2, 0.25) is 11.8 Å². The first kappa shape index (κ1) is 25.5. The predicted molar refractivity (Wildman–Crippen MR) is 141 cm³/mol. The minimum atomic E-state index is -0.956. The molecule has 196 valence electrons. The van der Waals surface area contributed by atoms with Crippen LogP contribution in [-0.4, -0.2) is 57.5 Å². The molecule has 2 heterocycles. The molecular formula is C29H30FN5O3. The number of aromatic nitrogens is 3. The smallest absolute Gasteiger partial charge is 0.247 e. The van der Waals surface area contributed by atoms with Crippen LogP contribution in [0.5, 0.6) is 0 Å². The van der Waals surface area contributed by atoms with Gasteiger partial charge in [-0.25, -0.2) is 9.07 Å². The summed E-state index contributed by atoms with van der Waals surface area (Å²) in [6.07, 6.45) is 2.32. The van der Waals surface area contributed by atoms with E-state index in [0.29, 0.717) is 30.7 Å². The van der Waals surface area contributed by atoms with Crippen molar-refractivity contribution in [3.05, 3.63) is 95.8 Å². The molecule has 3 aromatic carbocycles. The number of rotatable bonds is 10. The monoisotopic (exact) mass is 515 g/mol. The molecule has 2 atom stereocenters. The zero-order valence-corrected chi connectivity index (χ0v) is 21.0. The van der Waals surface area contributed by atoms with Crippen molar-refractivity contribution in [1.29, 1.82) is 0 Å². The van der Waals surface area contributed by atoms with Crippen LogP contribution in [-0.2, 0) is 27.3 Å². The molecular weight excluding hydrogens is 485 g/mol. The maximum atomic E-state index is 13.9. The van der Waals surface area contributed by atoms with E-state index in [1.165, 1.54) is 12.1 Å². The number of fused-ring (bicyclic) bond motifs is 1. The number of hydrogen-bond donors (Lipinski definition) is 1. The number of para-hydroxylation sites is 1. The number of halogens is 1. The fourth-order valence-corrected chi connectivity index (χ4v) is 4.78. The number of benzene rings is 3. The van der Waals surface area contributed by atoms with Crippen molar-refractivity contribution in [1.82, 2.24) is 25.2 Å². The Morgan fingerprint density at radius 2 is 1.82 bits per heavy atom. The SMILES string of the molecule is O=C(NC[C@@H]1CCCO1)[C@H](c1ccc(F)cc1)N(CCc1ccccc1)C(=O)Cn1nnc2ccccc21. The van der Waals surface area contributed by atoms with Crippen LogP contribution in [0.3, 0.4) is 0 Å². The minimum absolute atomic E-state index is 0.0530. The molecule has 8 nitrogen and oxygen atoms in total. The minimum Gasteiger partial charge on any atom is -0.376 e. The third-order valence-corrected chi connectivity index (χ3v) is 6.78. The summed E-state index contributed by atoms with van der Waals surface area (Å²) < 4.78 is 21.0. The van der Waals surface area contributed by atoms with Crippen LogP contribution in [0.4, 0.5) is 4.39 Å². The molecule has 1 aliphatic rings. The van der Waals surface area contributed by atoms with Gasteiger partial charge in [-0.3, -0.25) is 9.59 Å². The topological polar surface area (TPSA) is 89.4 Å². The van der Waals surface area contributed by atoms with E-state index >= 15 is 0 Å². The van der Waals surface area contributed by atoms with Crippen molar-refractivity contribution in [3.8, 4) is 0 Å². The van der Waals surface area contributed by atoms with Gasteiger partial charge in [0, 0.05) is 19.7 Å². The fourth-order valence-electron chi connectivity index (χ4n) is 4.78. The summed E-state index contributed by atoms with van der Waals surface area (Å²) in [5, 5.41) is 11.3. The highest BCUT2D eigenvalue weighted by molar-refractivity contribution is 5.89. The Balaban J connectivity index is 1.45. The van der Waals surface area contributed by atoms with Crippen LogP contribution in [0.25, 0.3) is 11.0 Å². The molecule has 0 spiro atoms. The molecule has 0 bridgehead atoms. The number of carbonyl (C=O) groups is 2. The van der Waals surface area contributed by atoms with Gasteiger partial charge in [0.05, 0.1) is 11.6 Å². The van der Waals surface area contributed by atoms with Gasteiger partial charge in [-0.15, -0.1) is 5.10 Å². The van der Waals surface area contributed by atoms with Crippen LogP contribution in [0.2, 0.25) is 0 Å². The number of ether oxygens (including phenoxy) is 1. The van der Waals surface area contributed by atoms with Crippen LogP contribution in [0.15, 0.2) is 78.9 Å². The van der Waals surface area contributed by atoms with Gasteiger partial charge in [0.15, 0.2) is 0 Å². The molecule has 9 heteroatoms. The van der Waals surface area contributed by atoms with Crippen molar-refractivity contribution in [2.24, 2.45) is 0 Å². The third kappa shape index (κ3) is 6.06. The van der Waals surface area contributed by atoms with Gasteiger partial charge in [-0.05, 0) is 54.7 Å². The molecule has 1 fully saturated rings. The molecule has 1 aromatic heterocycles. The van der Waals surface area contributed by atoms with E-state index in [1.54, 1.807) is 21.7 Å². The lowest BCUT2D eigenvalue weighted by Gasteiger charge is -2.32. The van der Waals surface area contributed by atoms with E-state index in [1.807, 2.05) is 54.6 Å². The van der Waals surface area contributed by atoms with E-state index in [2.05, 4.69) is 15.6 Å². The van der Waals surface area contributed by atoms with Crippen LogP contribution >= 0.6 is 0 Å². The van der Waals surface area contributed by atoms with Gasteiger partial charge in [-0.1, -0.05) is 59.8 Å². The largest absolute Gasteiger partial charge is 0.376 e. The zero-order valence-electron chi connectivity index (χ0n) is 21.0. The maximum absolute atomic E-state index is 13.9. The van der Waals surface area contributed by atoms with E-state index in [-0.39, 0.29) is 31.0 Å². The van der Waals surface area contributed by atoms with Gasteiger partial charge < -0.3 is 15.0 Å². The van der Waals surface area contributed by atoms with Crippen molar-refractivity contribution >= 4 is 22.8 Å². The molecule has 4 aromatic rings. The molecule has 0 saturated carbocycles. The number of nitrogens with zero attached hydrogens (tertiary/aromatic N) is 4. The second kappa shape index (κ2) is 12.0. The van der Waals surface area contributed by atoms with E-state index in [4.69, 9.17) is 4.74 Å². The van der Waals surface area contributed by atoms with E-state index in [0.717, 1.165) is 23.9 Å². The van der Waals surface area contributed by atoms with E-state index < -0.39 is 11.9 Å². The van der Waals surface area contributed by atoms with Crippen molar-refractivity contribution in [2.45, 2.75) is 38.0 Å². The lowest BCUT2D eigenvalue weighted by atomic mass is 10.0. The number of amides is 2. The molecule has 5 rings (SSSR count). The molecule has 0 aliphatic carbocycles. The molecule has 1 aliphatic heterocycles. The Hall–Kier alpha value is -4.11. The maximum Gasteiger partial charge on any atom is 0.247 e. The average Bonchev–Trinajstić information content (AvgIpc) is 3.61. The van der Waals surface area contributed by atoms with Crippen molar-refractivity contribution in [2.75, 3.05) is 19.7 Å². The van der Waals surface area contributed by atoms with Crippen molar-refractivity contribution < 1.29 is 18.7 Å². The summed E-state index contributed by atoms with van der Waals surface area (Å²) in [5.74, 6) is -1.04. The lowest BCUT2D eigenvalue weighted by molar-refractivity contribution is -0.141. The molecule has 2 amide bonds. The second-order valence-corrected chi connectivity index (χ2v) is 9.39. The molecule has 38 heavy (non-hydrogen) atoms. The van der Waals surface area contributed by atoms with Crippen molar-refractivity contribution in [3.63, 3.8) is 0 Å². The molecule has 0 unspecified atom stereocenters. The Morgan fingerprint density at radius 3 is 2.58 bits per heavy atom. The Labute approximate surface area is 220 Å². The quantitative estimate of drug-likeness (QED) is 0.348. The van der Waals surface area contributed by atoms with Crippen LogP contribution in [0, 0.1) is 5.82 Å². The average molecular weight is 516 g/mol.